The summed E-state index contributed by atoms with van der Waals surface area (Å²) in [5, 5.41) is 0.714. The van der Waals surface area contributed by atoms with E-state index in [0.29, 0.717) is 10.0 Å². The van der Waals surface area contributed by atoms with Crippen molar-refractivity contribution >= 4 is 28.8 Å². The number of halogens is 1. The number of benzene rings is 1. The molecule has 1 rings (SSSR count). The summed E-state index contributed by atoms with van der Waals surface area (Å²) in [4.78, 5) is 0.661. The molecule has 12 heavy (non-hydrogen) atoms. The molecule has 1 aromatic rings. The molecular formula is C8H9ClN2S. The van der Waals surface area contributed by atoms with Crippen molar-refractivity contribution in [2.45, 2.75) is 0 Å². The average molecular weight is 201 g/mol. The highest BCUT2D eigenvalue weighted by molar-refractivity contribution is 7.80. The first-order chi connectivity index (χ1) is 5.74. The van der Waals surface area contributed by atoms with Gasteiger partial charge >= 0.3 is 0 Å². The van der Waals surface area contributed by atoms with E-state index in [-0.39, 0.29) is 0 Å². The first-order valence-electron chi connectivity index (χ1n) is 3.46. The molecule has 0 aliphatic rings. The predicted molar refractivity (Wildman–Crippen MR) is 55.3 cm³/mol. The van der Waals surface area contributed by atoms with Crippen LogP contribution in [-0.2, 0) is 0 Å². The first kappa shape index (κ1) is 9.45. The number of rotatable bonds is 2. The Morgan fingerprint density at radius 3 is 2.42 bits per heavy atom. The molecule has 0 atom stereocenters. The van der Waals surface area contributed by atoms with Gasteiger partial charge in [0, 0.05) is 17.6 Å². The number of thiocarbonyl (C=S) groups is 1. The maximum absolute atomic E-state index is 5.71. The lowest BCUT2D eigenvalue weighted by atomic mass is 10.2. The molecule has 0 radical (unpaired) electrons. The minimum atomic E-state index is 0.661. The van der Waals surface area contributed by atoms with Gasteiger partial charge in [0.2, 0.25) is 0 Å². The molecule has 0 aliphatic carbocycles. The van der Waals surface area contributed by atoms with Crippen LogP contribution in [0.3, 0.4) is 0 Å². The van der Waals surface area contributed by atoms with Gasteiger partial charge in [-0.25, -0.2) is 5.43 Å². The molecule has 4 heteroatoms. The monoisotopic (exact) mass is 200 g/mol. The molecule has 0 saturated heterocycles. The maximum Gasteiger partial charge on any atom is 0.120 e. The fourth-order valence-corrected chi connectivity index (χ4v) is 1.15. The largest absolute Gasteiger partial charge is 0.312 e. The summed E-state index contributed by atoms with van der Waals surface area (Å²) in [5.41, 5.74) is 6.52. The zero-order valence-electron chi connectivity index (χ0n) is 6.60. The van der Waals surface area contributed by atoms with E-state index in [9.17, 15) is 0 Å². The molecule has 0 unspecified atom stereocenters. The molecule has 2 nitrogen and oxygen atoms in total. The molecule has 0 aromatic heterocycles. The summed E-state index contributed by atoms with van der Waals surface area (Å²) in [7, 11) is 1.77. The molecule has 0 fully saturated rings. The second-order valence-corrected chi connectivity index (χ2v) is 3.06. The maximum atomic E-state index is 5.71. The third-order valence-electron chi connectivity index (χ3n) is 1.34. The van der Waals surface area contributed by atoms with Gasteiger partial charge < -0.3 is 5.43 Å². The molecule has 0 bridgehead atoms. The van der Waals surface area contributed by atoms with Crippen LogP contribution in [0.1, 0.15) is 5.56 Å². The highest BCUT2D eigenvalue weighted by atomic mass is 35.5. The highest BCUT2D eigenvalue weighted by Gasteiger charge is 1.97. The molecule has 2 N–H and O–H groups in total. The van der Waals surface area contributed by atoms with Gasteiger partial charge in [-0.3, -0.25) is 0 Å². The Balaban J connectivity index is 2.75. The molecule has 0 saturated carbocycles. The van der Waals surface area contributed by atoms with Gasteiger partial charge in [-0.1, -0.05) is 36.0 Å². The molecule has 0 heterocycles. The molecule has 1 aromatic carbocycles. The van der Waals surface area contributed by atoms with Crippen molar-refractivity contribution in [2.24, 2.45) is 0 Å². The van der Waals surface area contributed by atoms with Crippen molar-refractivity contribution in [2.75, 3.05) is 7.05 Å². The number of hydrogen-bond donors (Lipinski definition) is 2. The smallest absolute Gasteiger partial charge is 0.120 e. The lowest BCUT2D eigenvalue weighted by Gasteiger charge is -2.05. The first-order valence-corrected chi connectivity index (χ1v) is 4.25. The normalized spacial score (nSPS) is 9.50. The predicted octanol–water partition coefficient (Wildman–Crippen LogP) is 1.74. The molecular weight excluding hydrogens is 192 g/mol. The Labute approximate surface area is 81.9 Å². The Hall–Kier alpha value is -0.640. The van der Waals surface area contributed by atoms with Gasteiger partial charge in [-0.2, -0.15) is 0 Å². The standard InChI is InChI=1S/C8H9ClN2S/c1-10-11-8(12)6-2-4-7(9)5-3-6/h2-5,10H,1H3,(H,11,12). The van der Waals surface area contributed by atoms with Crippen molar-refractivity contribution in [1.29, 1.82) is 0 Å². The van der Waals surface area contributed by atoms with E-state index in [1.54, 1.807) is 19.2 Å². The second kappa shape index (κ2) is 4.40. The van der Waals surface area contributed by atoms with Crippen LogP contribution in [-0.4, -0.2) is 12.0 Å². The third-order valence-corrected chi connectivity index (χ3v) is 1.93. The fourth-order valence-electron chi connectivity index (χ4n) is 0.787. The number of hydrazine groups is 1. The minimum absolute atomic E-state index is 0.661. The quantitative estimate of drug-likeness (QED) is 0.562. The highest BCUT2D eigenvalue weighted by Crippen LogP contribution is 2.09. The van der Waals surface area contributed by atoms with Gasteiger partial charge in [0.25, 0.3) is 0 Å². The molecule has 0 aliphatic heterocycles. The molecule has 0 amide bonds. The van der Waals surface area contributed by atoms with Crippen molar-refractivity contribution < 1.29 is 0 Å². The van der Waals surface area contributed by atoms with Crippen molar-refractivity contribution in [1.82, 2.24) is 10.9 Å². The SMILES string of the molecule is CNNC(=S)c1ccc(Cl)cc1. The van der Waals surface area contributed by atoms with Gasteiger partial charge in [0.15, 0.2) is 0 Å². The second-order valence-electron chi connectivity index (χ2n) is 2.21. The van der Waals surface area contributed by atoms with E-state index >= 15 is 0 Å². The van der Waals surface area contributed by atoms with Gasteiger partial charge in [-0.15, -0.1) is 0 Å². The van der Waals surface area contributed by atoms with Crippen LogP contribution in [0.25, 0.3) is 0 Å². The van der Waals surface area contributed by atoms with Gasteiger partial charge in [-0.05, 0) is 12.1 Å². The summed E-state index contributed by atoms with van der Waals surface area (Å²) in [5.74, 6) is 0. The van der Waals surface area contributed by atoms with Crippen LogP contribution in [0, 0.1) is 0 Å². The van der Waals surface area contributed by atoms with Crippen LogP contribution in [0.15, 0.2) is 24.3 Å². The van der Waals surface area contributed by atoms with Crippen molar-refractivity contribution in [3.8, 4) is 0 Å². The van der Waals surface area contributed by atoms with Crippen LogP contribution in [0.5, 0.6) is 0 Å². The lowest BCUT2D eigenvalue weighted by molar-refractivity contribution is 0.778. The van der Waals surface area contributed by atoms with Crippen LogP contribution in [0.2, 0.25) is 5.02 Å². The van der Waals surface area contributed by atoms with Crippen LogP contribution in [0.4, 0.5) is 0 Å². The van der Waals surface area contributed by atoms with Crippen molar-refractivity contribution in [3.63, 3.8) is 0 Å². The van der Waals surface area contributed by atoms with E-state index in [2.05, 4.69) is 10.9 Å². The van der Waals surface area contributed by atoms with Crippen LogP contribution >= 0.6 is 23.8 Å². The Kier molecular flexibility index (Phi) is 3.47. The van der Waals surface area contributed by atoms with E-state index in [1.807, 2.05) is 12.1 Å². The average Bonchev–Trinajstić information content (AvgIpc) is 2.06. The van der Waals surface area contributed by atoms with E-state index in [0.717, 1.165) is 5.56 Å². The Morgan fingerprint density at radius 2 is 1.92 bits per heavy atom. The third kappa shape index (κ3) is 2.44. The summed E-state index contributed by atoms with van der Waals surface area (Å²) >= 11 is 10.8. The van der Waals surface area contributed by atoms with Gasteiger partial charge in [0.05, 0.1) is 0 Å². The zero-order chi connectivity index (χ0) is 8.97. The van der Waals surface area contributed by atoms with Gasteiger partial charge in [0.1, 0.15) is 4.99 Å². The Morgan fingerprint density at radius 1 is 1.33 bits per heavy atom. The van der Waals surface area contributed by atoms with Crippen molar-refractivity contribution in [3.05, 3.63) is 34.9 Å². The molecule has 64 valence electrons. The lowest BCUT2D eigenvalue weighted by Crippen LogP contribution is -2.33. The molecule has 0 spiro atoms. The summed E-state index contributed by atoms with van der Waals surface area (Å²) in [6.45, 7) is 0. The van der Waals surface area contributed by atoms with Crippen LogP contribution < -0.4 is 10.9 Å². The van der Waals surface area contributed by atoms with E-state index in [1.165, 1.54) is 0 Å². The number of nitrogens with one attached hydrogen (secondary N) is 2. The zero-order valence-corrected chi connectivity index (χ0v) is 8.17. The summed E-state index contributed by atoms with van der Waals surface area (Å²) in [6.07, 6.45) is 0. The van der Waals surface area contributed by atoms with E-state index in [4.69, 9.17) is 23.8 Å². The van der Waals surface area contributed by atoms with E-state index < -0.39 is 0 Å². The summed E-state index contributed by atoms with van der Waals surface area (Å²) in [6, 6.07) is 7.35. The number of hydrogen-bond acceptors (Lipinski definition) is 2. The summed E-state index contributed by atoms with van der Waals surface area (Å²) < 4.78 is 0. The Bertz CT molecular complexity index is 271. The minimum Gasteiger partial charge on any atom is -0.312 e. The topological polar surface area (TPSA) is 24.1 Å². The fraction of sp³-hybridized carbons (Fsp3) is 0.125.